The number of aliphatic hydroxyl groups excluding tert-OH is 1. The minimum absolute atomic E-state index is 0.0389. The lowest BCUT2D eigenvalue weighted by Gasteiger charge is -2.25. The predicted octanol–water partition coefficient (Wildman–Crippen LogP) is 2.36. The molecule has 0 bridgehead atoms. The zero-order valence-corrected chi connectivity index (χ0v) is 12.5. The molecule has 6 heteroatoms. The first-order chi connectivity index (χ1) is 8.76. The van der Waals surface area contributed by atoms with Gasteiger partial charge < -0.3 is 19.1 Å². The zero-order valence-electron chi connectivity index (χ0n) is 10.7. The Morgan fingerprint density at radius 1 is 1.50 bits per heavy atom. The highest BCUT2D eigenvalue weighted by Gasteiger charge is 2.27. The Balaban J connectivity index is 1.92. The van der Waals surface area contributed by atoms with E-state index >= 15 is 0 Å². The molecule has 4 nitrogen and oxygen atoms in total. The van der Waals surface area contributed by atoms with E-state index in [2.05, 4.69) is 13.8 Å². The molecule has 1 aliphatic heterocycles. The van der Waals surface area contributed by atoms with Crippen LogP contribution in [0.15, 0.2) is 0 Å². The van der Waals surface area contributed by atoms with Crippen LogP contribution >= 0.6 is 20.1 Å². The summed E-state index contributed by atoms with van der Waals surface area (Å²) in [4.78, 5) is 2.42. The van der Waals surface area contributed by atoms with E-state index in [1.54, 1.807) is 11.3 Å². The number of aliphatic hydroxyl groups is 1. The van der Waals surface area contributed by atoms with Gasteiger partial charge in [-0.1, -0.05) is 6.92 Å². The van der Waals surface area contributed by atoms with E-state index in [4.69, 9.17) is 19.1 Å². The van der Waals surface area contributed by atoms with Crippen LogP contribution in [-0.4, -0.2) is 37.2 Å². The highest BCUT2D eigenvalue weighted by atomic mass is 32.1. The molecule has 0 spiro atoms. The van der Waals surface area contributed by atoms with Crippen molar-refractivity contribution in [1.82, 2.24) is 0 Å². The van der Waals surface area contributed by atoms with Crippen molar-refractivity contribution in [2.24, 2.45) is 0 Å². The van der Waals surface area contributed by atoms with Crippen LogP contribution in [0.2, 0.25) is 0 Å². The zero-order chi connectivity index (χ0) is 13.0. The first-order valence-electron chi connectivity index (χ1n) is 6.13. The maximum atomic E-state index is 8.68. The molecule has 0 saturated carbocycles. The monoisotopic (exact) mass is 290 g/mol. The van der Waals surface area contributed by atoms with Gasteiger partial charge in [-0.05, 0) is 13.3 Å². The van der Waals surface area contributed by atoms with Crippen LogP contribution in [-0.2, 0) is 10.9 Å². The van der Waals surface area contributed by atoms with Gasteiger partial charge in [0, 0.05) is 26.5 Å². The van der Waals surface area contributed by atoms with Gasteiger partial charge in [0.1, 0.15) is 6.61 Å². The molecule has 2 heterocycles. The fraction of sp³-hybridized carbons (Fsp3) is 0.667. The second-order valence-corrected chi connectivity index (χ2v) is 6.46. The predicted molar refractivity (Wildman–Crippen MR) is 74.6 cm³/mol. The second-order valence-electron chi connectivity index (χ2n) is 4.07. The molecular formula is C12H19O4PS. The summed E-state index contributed by atoms with van der Waals surface area (Å²) in [5.74, 6) is 1.82. The van der Waals surface area contributed by atoms with Crippen molar-refractivity contribution in [3.8, 4) is 11.5 Å². The van der Waals surface area contributed by atoms with E-state index in [0.29, 0.717) is 28.2 Å². The Morgan fingerprint density at radius 3 is 3.06 bits per heavy atom. The summed E-state index contributed by atoms with van der Waals surface area (Å²) in [6.07, 6.45) is 1.61. The molecule has 0 saturated heterocycles. The summed E-state index contributed by atoms with van der Waals surface area (Å²) in [5, 5.41) is 8.68. The van der Waals surface area contributed by atoms with Crippen molar-refractivity contribution in [2.45, 2.75) is 26.4 Å². The lowest BCUT2D eigenvalue weighted by Crippen LogP contribution is -2.32. The fourth-order valence-electron chi connectivity index (χ4n) is 1.81. The fourth-order valence-corrected chi connectivity index (χ4v) is 3.34. The van der Waals surface area contributed by atoms with E-state index in [0.717, 1.165) is 17.9 Å². The van der Waals surface area contributed by atoms with E-state index in [9.17, 15) is 0 Å². The highest BCUT2D eigenvalue weighted by molar-refractivity contribution is 7.32. The van der Waals surface area contributed by atoms with E-state index in [1.807, 2.05) is 0 Å². The molecule has 102 valence electrons. The van der Waals surface area contributed by atoms with Crippen molar-refractivity contribution in [3.63, 3.8) is 0 Å². The average molecular weight is 290 g/mol. The van der Waals surface area contributed by atoms with Gasteiger partial charge in [0.05, 0.1) is 11.5 Å². The van der Waals surface area contributed by atoms with Crippen LogP contribution in [0.1, 0.15) is 16.7 Å². The third-order valence-corrected chi connectivity index (χ3v) is 4.67. The van der Waals surface area contributed by atoms with Crippen LogP contribution < -0.4 is 9.47 Å². The molecule has 0 fully saturated rings. The number of fused-ring (bicyclic) bond motifs is 1. The van der Waals surface area contributed by atoms with Crippen molar-refractivity contribution in [3.05, 3.63) is 9.75 Å². The van der Waals surface area contributed by atoms with Crippen LogP contribution in [0.25, 0.3) is 0 Å². The van der Waals surface area contributed by atoms with Crippen molar-refractivity contribution in [1.29, 1.82) is 0 Å². The Kier molecular flexibility index (Phi) is 5.25. The van der Waals surface area contributed by atoms with Gasteiger partial charge in [0.2, 0.25) is 0 Å². The number of hydrogen-bond donors (Lipinski definition) is 1. The largest absolute Gasteiger partial charge is 0.485 e. The first-order valence-corrected chi connectivity index (χ1v) is 8.06. The Hall–Kier alpha value is -0.350. The standard InChI is InChI=1S/C12H19O4PS/c1-3-10-12-11(8(2)18-10)14-6-9(16-12)7-15-17-5-4-13/h9,13,17H,3-7H2,1-2H3. The maximum Gasteiger partial charge on any atom is 0.176 e. The minimum Gasteiger partial charge on any atom is -0.485 e. The SMILES string of the molecule is CCc1sc(C)c2c1OC(COPCCO)CO2. The molecule has 1 aliphatic rings. The van der Waals surface area contributed by atoms with Crippen LogP contribution in [0.5, 0.6) is 11.5 Å². The van der Waals surface area contributed by atoms with E-state index in [-0.39, 0.29) is 12.7 Å². The minimum atomic E-state index is -0.0389. The van der Waals surface area contributed by atoms with Gasteiger partial charge in [0.25, 0.3) is 0 Å². The summed E-state index contributed by atoms with van der Waals surface area (Å²) < 4.78 is 17.2. The number of thiophene rings is 1. The molecular weight excluding hydrogens is 271 g/mol. The maximum absolute atomic E-state index is 8.68. The third kappa shape index (κ3) is 3.15. The molecule has 1 aromatic rings. The number of aryl methyl sites for hydroxylation is 2. The summed E-state index contributed by atoms with van der Waals surface area (Å²) >= 11 is 1.74. The van der Waals surface area contributed by atoms with Gasteiger partial charge in [-0.3, -0.25) is 0 Å². The van der Waals surface area contributed by atoms with Crippen molar-refractivity contribution >= 4 is 20.1 Å². The van der Waals surface area contributed by atoms with Crippen LogP contribution in [0.4, 0.5) is 0 Å². The molecule has 18 heavy (non-hydrogen) atoms. The number of hydrogen-bond acceptors (Lipinski definition) is 5. The summed E-state index contributed by atoms with van der Waals surface area (Å²) in [7, 11) is 0.329. The molecule has 1 N–H and O–H groups in total. The quantitative estimate of drug-likeness (QED) is 0.645. The molecule has 2 atom stereocenters. The van der Waals surface area contributed by atoms with E-state index in [1.165, 1.54) is 9.75 Å². The number of ether oxygens (including phenoxy) is 2. The van der Waals surface area contributed by atoms with Crippen LogP contribution in [0.3, 0.4) is 0 Å². The van der Waals surface area contributed by atoms with Gasteiger partial charge in [-0.2, -0.15) is 0 Å². The molecule has 0 aliphatic carbocycles. The second kappa shape index (κ2) is 6.71. The van der Waals surface area contributed by atoms with Gasteiger partial charge in [-0.25, -0.2) is 0 Å². The molecule has 2 unspecified atom stereocenters. The summed E-state index contributed by atoms with van der Waals surface area (Å²) in [5.41, 5.74) is 0. The van der Waals surface area contributed by atoms with Crippen molar-refractivity contribution in [2.75, 3.05) is 26.0 Å². The molecule has 0 radical (unpaired) electrons. The average Bonchev–Trinajstić information content (AvgIpc) is 2.71. The normalized spacial score (nSPS) is 18.7. The van der Waals surface area contributed by atoms with Crippen molar-refractivity contribution < 1.29 is 19.1 Å². The molecule has 2 rings (SSSR count). The van der Waals surface area contributed by atoms with Gasteiger partial charge in [-0.15, -0.1) is 11.3 Å². The summed E-state index contributed by atoms with van der Waals surface area (Å²) in [6, 6.07) is 0. The van der Waals surface area contributed by atoms with Crippen LogP contribution in [0, 0.1) is 6.92 Å². The lowest BCUT2D eigenvalue weighted by atomic mass is 10.2. The molecule has 0 amide bonds. The molecule has 1 aromatic heterocycles. The smallest absolute Gasteiger partial charge is 0.176 e. The summed E-state index contributed by atoms with van der Waals surface area (Å²) in [6.45, 7) is 5.42. The third-order valence-electron chi connectivity index (χ3n) is 2.66. The highest BCUT2D eigenvalue weighted by Crippen LogP contribution is 2.44. The van der Waals surface area contributed by atoms with E-state index < -0.39 is 0 Å². The van der Waals surface area contributed by atoms with Gasteiger partial charge in [0.15, 0.2) is 17.6 Å². The molecule has 0 aromatic carbocycles. The Bertz CT molecular complexity index is 394. The Labute approximate surface area is 113 Å². The number of rotatable bonds is 6. The topological polar surface area (TPSA) is 47.9 Å². The Morgan fingerprint density at radius 2 is 2.33 bits per heavy atom. The lowest BCUT2D eigenvalue weighted by molar-refractivity contribution is 0.0579. The first kappa shape index (κ1) is 14.1. The van der Waals surface area contributed by atoms with Gasteiger partial charge >= 0.3 is 0 Å².